The summed E-state index contributed by atoms with van der Waals surface area (Å²) < 4.78 is 27.9. The van der Waals surface area contributed by atoms with E-state index >= 15 is 0 Å². The first-order valence-corrected chi connectivity index (χ1v) is 7.86. The van der Waals surface area contributed by atoms with E-state index in [1.165, 1.54) is 21.4 Å². The average Bonchev–Trinajstić information content (AvgIpc) is 3.10. The second kappa shape index (κ2) is 4.98. The molecule has 0 bridgehead atoms. The fourth-order valence-corrected chi connectivity index (χ4v) is 3.86. The van der Waals surface area contributed by atoms with Crippen LogP contribution in [0.25, 0.3) is 0 Å². The summed E-state index contributed by atoms with van der Waals surface area (Å²) >= 11 is 0. The van der Waals surface area contributed by atoms with Crippen LogP contribution in [0, 0.1) is 0 Å². The molecule has 0 spiro atoms. The molecule has 0 unspecified atom stereocenters. The summed E-state index contributed by atoms with van der Waals surface area (Å²) in [5.74, 6) is 0. The molecule has 2 aromatic rings. The summed E-state index contributed by atoms with van der Waals surface area (Å²) in [4.78, 5) is 1.91. The maximum Gasteiger partial charge on any atom is 0.246 e. The van der Waals surface area contributed by atoms with Gasteiger partial charge in [0.15, 0.2) is 0 Å². The van der Waals surface area contributed by atoms with Crippen molar-refractivity contribution in [2.45, 2.75) is 23.8 Å². The van der Waals surface area contributed by atoms with Gasteiger partial charge < -0.3 is 0 Å². The Morgan fingerprint density at radius 3 is 2.35 bits per heavy atom. The van der Waals surface area contributed by atoms with Crippen LogP contribution in [-0.4, -0.2) is 50.6 Å². The number of hydrogen-bond acceptors (Lipinski definition) is 5. The van der Waals surface area contributed by atoms with Crippen molar-refractivity contribution >= 4 is 10.0 Å². The fourth-order valence-electron chi connectivity index (χ4n) is 2.41. The van der Waals surface area contributed by atoms with Crippen LogP contribution in [0.15, 0.2) is 29.7 Å². The molecule has 1 aliphatic rings. The van der Waals surface area contributed by atoms with Gasteiger partial charge in [-0.2, -0.15) is 24.4 Å². The lowest BCUT2D eigenvalue weighted by molar-refractivity contribution is 0.245. The first kappa shape index (κ1) is 13.3. The zero-order valence-corrected chi connectivity index (χ0v) is 11.9. The number of hydrogen-bond donors (Lipinski definition) is 0. The molecule has 2 aromatic heterocycles. The van der Waals surface area contributed by atoms with Crippen molar-refractivity contribution in [3.63, 3.8) is 0 Å². The predicted molar refractivity (Wildman–Crippen MR) is 70.3 cm³/mol. The zero-order chi connectivity index (χ0) is 14.2. The van der Waals surface area contributed by atoms with Gasteiger partial charge in [0.2, 0.25) is 10.0 Å². The normalized spacial score (nSPS) is 18.4. The fraction of sp³-hybridized carbons (Fsp3) is 0.545. The maximum absolute atomic E-state index is 12.4. The highest BCUT2D eigenvalue weighted by Gasteiger charge is 2.31. The Kier molecular flexibility index (Phi) is 3.30. The summed E-state index contributed by atoms with van der Waals surface area (Å²) in [6.45, 7) is 0.951. The molecule has 0 aliphatic carbocycles. The van der Waals surface area contributed by atoms with Crippen LogP contribution in [0.1, 0.15) is 18.9 Å². The van der Waals surface area contributed by atoms with Crippen LogP contribution in [0.4, 0.5) is 0 Å². The summed E-state index contributed by atoms with van der Waals surface area (Å²) in [5.41, 5.74) is 0. The van der Waals surface area contributed by atoms with Crippen LogP contribution in [0.5, 0.6) is 0 Å². The van der Waals surface area contributed by atoms with Gasteiger partial charge in [0, 0.05) is 26.3 Å². The number of rotatable bonds is 3. The Labute approximate surface area is 117 Å². The molecular weight excluding hydrogens is 280 g/mol. The van der Waals surface area contributed by atoms with E-state index in [0.717, 1.165) is 0 Å². The highest BCUT2D eigenvalue weighted by Crippen LogP contribution is 2.25. The van der Waals surface area contributed by atoms with Crippen LogP contribution in [0.3, 0.4) is 0 Å². The number of sulfonamides is 1. The first-order valence-electron chi connectivity index (χ1n) is 6.42. The highest BCUT2D eigenvalue weighted by molar-refractivity contribution is 7.89. The SMILES string of the molecule is Cn1cc(S(=O)(=O)N2CCC(n3nccn3)CC2)cn1. The smallest absolute Gasteiger partial charge is 0.246 e. The molecule has 0 saturated carbocycles. The largest absolute Gasteiger partial charge is 0.274 e. The zero-order valence-electron chi connectivity index (χ0n) is 11.1. The van der Waals surface area contributed by atoms with Gasteiger partial charge in [0.1, 0.15) is 4.90 Å². The van der Waals surface area contributed by atoms with Crippen LogP contribution in [-0.2, 0) is 17.1 Å². The van der Waals surface area contributed by atoms with Gasteiger partial charge in [-0.25, -0.2) is 8.42 Å². The maximum atomic E-state index is 12.4. The van der Waals surface area contributed by atoms with E-state index in [0.29, 0.717) is 25.9 Å². The van der Waals surface area contributed by atoms with Gasteiger partial charge in [-0.1, -0.05) is 0 Å². The molecule has 9 heteroatoms. The van der Waals surface area contributed by atoms with Gasteiger partial charge in [-0.3, -0.25) is 4.68 Å². The van der Waals surface area contributed by atoms with Gasteiger partial charge in [-0.05, 0) is 12.8 Å². The summed E-state index contributed by atoms with van der Waals surface area (Å²) in [6.07, 6.45) is 7.62. The Balaban J connectivity index is 1.72. The lowest BCUT2D eigenvalue weighted by Gasteiger charge is -2.30. The van der Waals surface area contributed by atoms with Crippen LogP contribution >= 0.6 is 0 Å². The van der Waals surface area contributed by atoms with Crippen LogP contribution in [0.2, 0.25) is 0 Å². The van der Waals surface area contributed by atoms with E-state index < -0.39 is 10.0 Å². The van der Waals surface area contributed by atoms with E-state index in [4.69, 9.17) is 0 Å². The van der Waals surface area contributed by atoms with Gasteiger partial charge in [-0.15, -0.1) is 0 Å². The molecule has 0 aromatic carbocycles. The Morgan fingerprint density at radius 1 is 1.15 bits per heavy atom. The first-order chi connectivity index (χ1) is 9.57. The van der Waals surface area contributed by atoms with E-state index in [2.05, 4.69) is 15.3 Å². The molecule has 0 atom stereocenters. The van der Waals surface area contributed by atoms with Gasteiger partial charge >= 0.3 is 0 Å². The molecule has 8 nitrogen and oxygen atoms in total. The van der Waals surface area contributed by atoms with E-state index in [1.54, 1.807) is 24.2 Å². The molecule has 0 N–H and O–H groups in total. The average molecular weight is 296 g/mol. The molecule has 3 rings (SSSR count). The topological polar surface area (TPSA) is 85.9 Å². The monoisotopic (exact) mass is 296 g/mol. The van der Waals surface area contributed by atoms with Crippen molar-refractivity contribution in [2.24, 2.45) is 7.05 Å². The Bertz CT molecular complexity index is 670. The Hall–Kier alpha value is -1.74. The molecule has 1 fully saturated rings. The van der Waals surface area contributed by atoms with Gasteiger partial charge in [0.25, 0.3) is 0 Å². The van der Waals surface area contributed by atoms with Crippen molar-refractivity contribution < 1.29 is 8.42 Å². The number of aromatic nitrogens is 5. The van der Waals surface area contributed by atoms with E-state index in [1.807, 2.05) is 0 Å². The second-order valence-electron chi connectivity index (χ2n) is 4.83. The standard InChI is InChI=1S/C11H16N6O2S/c1-15-9-11(8-14-15)20(18,19)16-6-2-10(3-7-16)17-12-4-5-13-17/h4-5,8-10H,2-3,6-7H2,1H3. The summed E-state index contributed by atoms with van der Waals surface area (Å²) in [6, 6.07) is 0.172. The summed E-state index contributed by atoms with van der Waals surface area (Å²) in [5, 5.41) is 12.1. The molecule has 0 radical (unpaired) electrons. The third kappa shape index (κ3) is 2.34. The lowest BCUT2D eigenvalue weighted by Crippen LogP contribution is -2.39. The quantitative estimate of drug-likeness (QED) is 0.798. The van der Waals surface area contributed by atoms with Crippen molar-refractivity contribution in [3.05, 3.63) is 24.8 Å². The minimum absolute atomic E-state index is 0.172. The third-order valence-electron chi connectivity index (χ3n) is 3.51. The van der Waals surface area contributed by atoms with E-state index in [-0.39, 0.29) is 10.9 Å². The lowest BCUT2D eigenvalue weighted by atomic mass is 10.1. The number of nitrogens with zero attached hydrogens (tertiary/aromatic N) is 6. The molecule has 0 amide bonds. The third-order valence-corrected chi connectivity index (χ3v) is 5.36. The molecule has 20 heavy (non-hydrogen) atoms. The number of aryl methyl sites for hydroxylation is 1. The molecule has 1 saturated heterocycles. The van der Waals surface area contributed by atoms with Crippen LogP contribution < -0.4 is 0 Å². The highest BCUT2D eigenvalue weighted by atomic mass is 32.2. The van der Waals surface area contributed by atoms with E-state index in [9.17, 15) is 8.42 Å². The number of piperidine rings is 1. The molecule has 3 heterocycles. The minimum atomic E-state index is -3.43. The Morgan fingerprint density at radius 2 is 1.80 bits per heavy atom. The molecule has 108 valence electrons. The van der Waals surface area contributed by atoms with Gasteiger partial charge in [0.05, 0.1) is 24.6 Å². The summed E-state index contributed by atoms with van der Waals surface area (Å²) in [7, 11) is -1.73. The second-order valence-corrected chi connectivity index (χ2v) is 6.77. The molecular formula is C11H16N6O2S. The van der Waals surface area contributed by atoms with Crippen molar-refractivity contribution in [1.29, 1.82) is 0 Å². The predicted octanol–water partition coefficient (Wildman–Crippen LogP) is 0.0374. The van der Waals surface area contributed by atoms with Crippen molar-refractivity contribution in [3.8, 4) is 0 Å². The van der Waals surface area contributed by atoms with Crippen molar-refractivity contribution in [2.75, 3.05) is 13.1 Å². The minimum Gasteiger partial charge on any atom is -0.274 e. The van der Waals surface area contributed by atoms with Crippen molar-refractivity contribution in [1.82, 2.24) is 29.1 Å². The molecule has 1 aliphatic heterocycles.